The average molecular weight is 254 g/mol. The molecule has 0 aliphatic carbocycles. The van der Waals surface area contributed by atoms with Crippen molar-refractivity contribution < 1.29 is 4.79 Å². The lowest BCUT2D eigenvalue weighted by Gasteiger charge is -2.34. The van der Waals surface area contributed by atoms with E-state index in [1.54, 1.807) is 6.20 Å². The van der Waals surface area contributed by atoms with Crippen molar-refractivity contribution in [3.05, 3.63) is 11.1 Å². The Morgan fingerprint density at radius 3 is 3.18 bits per heavy atom. The van der Waals surface area contributed by atoms with Crippen molar-refractivity contribution in [1.82, 2.24) is 19.8 Å². The summed E-state index contributed by atoms with van der Waals surface area (Å²) < 4.78 is 3.76. The fraction of sp³-hybridized carbons (Fsp3) is 0.727. The summed E-state index contributed by atoms with van der Waals surface area (Å²) in [5.41, 5.74) is 0. The summed E-state index contributed by atoms with van der Waals surface area (Å²) >= 11 is 1.18. The number of hydrogen-bond donors (Lipinski definition) is 1. The zero-order valence-corrected chi connectivity index (χ0v) is 10.9. The van der Waals surface area contributed by atoms with Crippen LogP contribution in [0.3, 0.4) is 0 Å². The van der Waals surface area contributed by atoms with E-state index in [0.717, 1.165) is 38.9 Å². The monoisotopic (exact) mass is 254 g/mol. The van der Waals surface area contributed by atoms with Crippen LogP contribution in [0.15, 0.2) is 6.20 Å². The highest BCUT2D eigenvalue weighted by Gasteiger charge is 2.26. The minimum absolute atomic E-state index is 0.0792. The lowest BCUT2D eigenvalue weighted by Crippen LogP contribution is -2.48. The Bertz CT molecular complexity index is 348. The third-order valence-corrected chi connectivity index (χ3v) is 3.66. The average Bonchev–Trinajstić information content (AvgIpc) is 2.90. The number of carbonyl (C=O) groups is 1. The van der Waals surface area contributed by atoms with Crippen molar-refractivity contribution in [1.29, 1.82) is 0 Å². The highest BCUT2D eigenvalue weighted by Crippen LogP contribution is 2.16. The molecule has 1 aromatic heterocycles. The molecule has 1 saturated heterocycles. The van der Waals surface area contributed by atoms with Crippen LogP contribution in [0.5, 0.6) is 0 Å². The predicted octanol–water partition coefficient (Wildman–Crippen LogP) is 1.14. The standard InChI is InChI=1S/C11H18N4OS/c1-2-6-15(9-4-3-5-12-7-9)11(16)10-8-13-14-17-10/h8-9,12H,2-7H2,1H3. The molecule has 2 heterocycles. The predicted molar refractivity (Wildman–Crippen MR) is 67.1 cm³/mol. The third-order valence-electron chi connectivity index (χ3n) is 3.01. The van der Waals surface area contributed by atoms with Crippen LogP contribution in [-0.2, 0) is 0 Å². The van der Waals surface area contributed by atoms with E-state index in [1.807, 2.05) is 4.90 Å². The molecule has 2 rings (SSSR count). The summed E-state index contributed by atoms with van der Waals surface area (Å²) in [6.45, 7) is 4.87. The Hall–Kier alpha value is -1.01. The number of aromatic nitrogens is 2. The second-order valence-electron chi connectivity index (χ2n) is 4.28. The van der Waals surface area contributed by atoms with Crippen LogP contribution >= 0.6 is 11.5 Å². The van der Waals surface area contributed by atoms with Crippen LogP contribution in [0.25, 0.3) is 0 Å². The Kier molecular flexibility index (Phi) is 4.44. The smallest absolute Gasteiger partial charge is 0.267 e. The van der Waals surface area contributed by atoms with Gasteiger partial charge in [0.2, 0.25) is 0 Å². The maximum atomic E-state index is 12.3. The van der Waals surface area contributed by atoms with Crippen LogP contribution in [0, 0.1) is 0 Å². The third kappa shape index (κ3) is 3.01. The number of nitrogens with one attached hydrogen (secondary N) is 1. The van der Waals surface area contributed by atoms with Gasteiger partial charge < -0.3 is 10.2 Å². The lowest BCUT2D eigenvalue weighted by atomic mass is 10.1. The van der Waals surface area contributed by atoms with Crippen LogP contribution in [0.2, 0.25) is 0 Å². The highest BCUT2D eigenvalue weighted by atomic mass is 32.1. The molecule has 1 N–H and O–H groups in total. The van der Waals surface area contributed by atoms with Crippen molar-refractivity contribution >= 4 is 17.4 Å². The molecule has 0 aromatic carbocycles. The van der Waals surface area contributed by atoms with Crippen molar-refractivity contribution in [3.8, 4) is 0 Å². The lowest BCUT2D eigenvalue weighted by molar-refractivity contribution is 0.0653. The number of amides is 1. The number of hydrogen-bond acceptors (Lipinski definition) is 5. The maximum absolute atomic E-state index is 12.3. The number of nitrogens with zero attached hydrogens (tertiary/aromatic N) is 3. The van der Waals surface area contributed by atoms with Crippen LogP contribution in [0.4, 0.5) is 0 Å². The van der Waals surface area contributed by atoms with Gasteiger partial charge in [-0.25, -0.2) is 0 Å². The van der Waals surface area contributed by atoms with Gasteiger partial charge >= 0.3 is 0 Å². The Labute approximate surface area is 105 Å². The molecule has 1 aliphatic rings. The van der Waals surface area contributed by atoms with Gasteiger partial charge in [-0.2, -0.15) is 0 Å². The number of piperidine rings is 1. The molecule has 1 aromatic rings. The second-order valence-corrected chi connectivity index (χ2v) is 5.07. The largest absolute Gasteiger partial charge is 0.334 e. The normalized spacial score (nSPS) is 20.2. The highest BCUT2D eigenvalue weighted by molar-refractivity contribution is 7.07. The summed E-state index contributed by atoms with van der Waals surface area (Å²) in [5.74, 6) is 0.0792. The molecule has 5 nitrogen and oxygen atoms in total. The first-order chi connectivity index (χ1) is 8.33. The molecule has 0 radical (unpaired) electrons. The van der Waals surface area contributed by atoms with Gasteiger partial charge in [-0.3, -0.25) is 4.79 Å². The topological polar surface area (TPSA) is 58.1 Å². The van der Waals surface area contributed by atoms with Crippen LogP contribution < -0.4 is 5.32 Å². The fourth-order valence-electron chi connectivity index (χ4n) is 2.19. The van der Waals surface area contributed by atoms with Gasteiger partial charge in [-0.15, -0.1) is 5.10 Å². The van der Waals surface area contributed by atoms with Gasteiger partial charge in [0.1, 0.15) is 4.88 Å². The van der Waals surface area contributed by atoms with Gasteiger partial charge in [-0.1, -0.05) is 11.4 Å². The quantitative estimate of drug-likeness (QED) is 0.875. The minimum Gasteiger partial charge on any atom is -0.334 e. The van der Waals surface area contributed by atoms with Gasteiger partial charge in [0.25, 0.3) is 5.91 Å². The first-order valence-corrected chi connectivity index (χ1v) is 6.89. The van der Waals surface area contributed by atoms with Gasteiger partial charge in [-0.05, 0) is 37.3 Å². The van der Waals surface area contributed by atoms with Crippen LogP contribution in [0.1, 0.15) is 35.9 Å². The maximum Gasteiger partial charge on any atom is 0.267 e. The Morgan fingerprint density at radius 1 is 1.71 bits per heavy atom. The van der Waals surface area contributed by atoms with E-state index >= 15 is 0 Å². The fourth-order valence-corrected chi connectivity index (χ4v) is 2.67. The number of carbonyl (C=O) groups excluding carboxylic acids is 1. The molecule has 1 unspecified atom stereocenters. The molecule has 1 fully saturated rings. The molecule has 1 atom stereocenters. The van der Waals surface area contributed by atoms with Crippen molar-refractivity contribution in [2.75, 3.05) is 19.6 Å². The molecule has 1 aliphatic heterocycles. The van der Waals surface area contributed by atoms with Gasteiger partial charge in [0.05, 0.1) is 6.20 Å². The van der Waals surface area contributed by atoms with E-state index in [-0.39, 0.29) is 5.91 Å². The first-order valence-electron chi connectivity index (χ1n) is 6.12. The van der Waals surface area contributed by atoms with Gasteiger partial charge in [0.15, 0.2) is 0 Å². The van der Waals surface area contributed by atoms with E-state index in [4.69, 9.17) is 0 Å². The van der Waals surface area contributed by atoms with E-state index < -0.39 is 0 Å². The molecule has 0 spiro atoms. The van der Waals surface area contributed by atoms with Crippen molar-refractivity contribution in [2.45, 2.75) is 32.2 Å². The number of rotatable bonds is 4. The van der Waals surface area contributed by atoms with E-state index in [0.29, 0.717) is 10.9 Å². The molecule has 0 bridgehead atoms. The zero-order chi connectivity index (χ0) is 12.1. The summed E-state index contributed by atoms with van der Waals surface area (Å²) in [7, 11) is 0. The summed E-state index contributed by atoms with van der Waals surface area (Å²) in [6, 6.07) is 0.318. The summed E-state index contributed by atoms with van der Waals surface area (Å²) in [5, 5.41) is 7.09. The van der Waals surface area contributed by atoms with Crippen LogP contribution in [-0.4, -0.2) is 46.1 Å². The second kappa shape index (κ2) is 6.07. The molecule has 94 valence electrons. The Morgan fingerprint density at radius 2 is 2.59 bits per heavy atom. The van der Waals surface area contributed by atoms with Crippen molar-refractivity contribution in [3.63, 3.8) is 0 Å². The molecular weight excluding hydrogens is 236 g/mol. The summed E-state index contributed by atoms with van der Waals surface area (Å²) in [6.07, 6.45) is 4.77. The minimum atomic E-state index is 0.0792. The van der Waals surface area contributed by atoms with E-state index in [9.17, 15) is 4.79 Å². The molecule has 17 heavy (non-hydrogen) atoms. The molecular formula is C11H18N4OS. The first kappa shape index (κ1) is 12.4. The van der Waals surface area contributed by atoms with Gasteiger partial charge in [0, 0.05) is 19.1 Å². The zero-order valence-electron chi connectivity index (χ0n) is 10.1. The van der Waals surface area contributed by atoms with E-state index in [1.165, 1.54) is 11.5 Å². The molecule has 0 saturated carbocycles. The molecule has 6 heteroatoms. The SMILES string of the molecule is CCCN(C(=O)c1cnns1)C1CCCNC1. The molecule has 1 amide bonds. The summed E-state index contributed by atoms with van der Waals surface area (Å²) in [4.78, 5) is 14.9. The Balaban J connectivity index is 2.07. The van der Waals surface area contributed by atoms with E-state index in [2.05, 4.69) is 21.8 Å². The van der Waals surface area contributed by atoms with Crippen molar-refractivity contribution in [2.24, 2.45) is 0 Å².